The Balaban J connectivity index is 1.85. The zero-order valence-corrected chi connectivity index (χ0v) is 10.3. The molecule has 0 saturated carbocycles. The highest BCUT2D eigenvalue weighted by Gasteiger charge is 2.19. The van der Waals surface area contributed by atoms with E-state index in [0.29, 0.717) is 30.9 Å². The summed E-state index contributed by atoms with van der Waals surface area (Å²) in [6.07, 6.45) is 4.34. The molecule has 0 unspecified atom stereocenters. The summed E-state index contributed by atoms with van der Waals surface area (Å²) < 4.78 is 12.3. The van der Waals surface area contributed by atoms with Crippen molar-refractivity contribution in [2.24, 2.45) is 5.92 Å². The molecule has 1 aromatic heterocycles. The second-order valence-corrected chi connectivity index (χ2v) is 4.63. The van der Waals surface area contributed by atoms with Crippen LogP contribution in [-0.2, 0) is 9.47 Å². The zero-order chi connectivity index (χ0) is 12.3. The molecule has 5 heteroatoms. The first-order chi connectivity index (χ1) is 8.16. The van der Waals surface area contributed by atoms with Gasteiger partial charge in [0.2, 0.25) is 0 Å². The molecule has 2 rings (SSSR count). The molecule has 0 radical (unpaired) electrons. The number of imidazole rings is 1. The van der Waals surface area contributed by atoms with Gasteiger partial charge in [-0.15, -0.1) is 0 Å². The lowest BCUT2D eigenvalue weighted by molar-refractivity contribution is 0.0422. The van der Waals surface area contributed by atoms with Crippen molar-refractivity contribution in [3.05, 3.63) is 18.2 Å². The molecular formula is C12H18N2O3. The Kier molecular flexibility index (Phi) is 3.78. The fraction of sp³-hybridized carbons (Fsp3) is 0.667. The average molecular weight is 238 g/mol. The number of esters is 1. The number of nitrogens with zero attached hydrogens (tertiary/aromatic N) is 2. The van der Waals surface area contributed by atoms with Gasteiger partial charge in [0.25, 0.3) is 0 Å². The minimum atomic E-state index is -0.351. The Labute approximate surface area is 101 Å². The molecule has 0 bridgehead atoms. The molecule has 2 heterocycles. The van der Waals surface area contributed by atoms with Crippen molar-refractivity contribution < 1.29 is 14.3 Å². The molecule has 17 heavy (non-hydrogen) atoms. The Morgan fingerprint density at radius 1 is 1.71 bits per heavy atom. The van der Waals surface area contributed by atoms with Crippen molar-refractivity contribution >= 4 is 5.97 Å². The van der Waals surface area contributed by atoms with Gasteiger partial charge >= 0.3 is 5.97 Å². The SMILES string of the molecule is CC(C)n1cnc(C(=O)OC[C@H]2CCOC2)c1. The summed E-state index contributed by atoms with van der Waals surface area (Å²) in [6, 6.07) is 0.298. The predicted octanol–water partition coefficient (Wildman–Crippen LogP) is 1.66. The summed E-state index contributed by atoms with van der Waals surface area (Å²) in [7, 11) is 0. The normalized spacial score (nSPS) is 19.8. The second kappa shape index (κ2) is 5.31. The fourth-order valence-electron chi connectivity index (χ4n) is 1.71. The average Bonchev–Trinajstić information content (AvgIpc) is 2.96. The minimum absolute atomic E-state index is 0.298. The van der Waals surface area contributed by atoms with E-state index in [-0.39, 0.29) is 5.97 Å². The summed E-state index contributed by atoms with van der Waals surface area (Å²) >= 11 is 0. The molecule has 0 N–H and O–H groups in total. The maximum Gasteiger partial charge on any atom is 0.358 e. The van der Waals surface area contributed by atoms with E-state index in [0.717, 1.165) is 13.0 Å². The predicted molar refractivity (Wildman–Crippen MR) is 61.8 cm³/mol. The van der Waals surface area contributed by atoms with Crippen LogP contribution in [0.2, 0.25) is 0 Å². The van der Waals surface area contributed by atoms with Gasteiger partial charge in [0, 0.05) is 24.8 Å². The Morgan fingerprint density at radius 2 is 2.53 bits per heavy atom. The highest BCUT2D eigenvalue weighted by atomic mass is 16.5. The lowest BCUT2D eigenvalue weighted by Gasteiger charge is -2.07. The topological polar surface area (TPSA) is 53.4 Å². The van der Waals surface area contributed by atoms with Gasteiger partial charge in [-0.25, -0.2) is 9.78 Å². The van der Waals surface area contributed by atoms with E-state index in [2.05, 4.69) is 4.98 Å². The second-order valence-electron chi connectivity index (χ2n) is 4.63. The van der Waals surface area contributed by atoms with Crippen LogP contribution in [0.4, 0.5) is 0 Å². The summed E-state index contributed by atoms with van der Waals surface area (Å²) in [5, 5.41) is 0. The van der Waals surface area contributed by atoms with Crippen LogP contribution in [0.1, 0.15) is 36.8 Å². The van der Waals surface area contributed by atoms with Gasteiger partial charge in [0.1, 0.15) is 0 Å². The summed E-state index contributed by atoms with van der Waals surface area (Å²) in [6.45, 7) is 5.95. The maximum absolute atomic E-state index is 11.7. The molecule has 1 aromatic rings. The van der Waals surface area contributed by atoms with Gasteiger partial charge in [-0.3, -0.25) is 0 Å². The molecule has 1 atom stereocenters. The molecule has 0 aliphatic carbocycles. The standard InChI is InChI=1S/C12H18N2O3/c1-9(2)14-5-11(13-8-14)12(15)17-7-10-3-4-16-6-10/h5,8-10H,3-4,6-7H2,1-2H3/t10-/m0/s1. The quantitative estimate of drug-likeness (QED) is 0.748. The first kappa shape index (κ1) is 12.1. The van der Waals surface area contributed by atoms with Gasteiger partial charge in [-0.2, -0.15) is 0 Å². The number of carbonyl (C=O) groups excluding carboxylic acids is 1. The van der Waals surface area contributed by atoms with Gasteiger partial charge in [0.05, 0.1) is 19.5 Å². The number of carbonyl (C=O) groups is 1. The van der Waals surface area contributed by atoms with Crippen LogP contribution >= 0.6 is 0 Å². The molecule has 0 aromatic carbocycles. The highest BCUT2D eigenvalue weighted by Crippen LogP contribution is 2.13. The van der Waals surface area contributed by atoms with E-state index in [1.165, 1.54) is 0 Å². The van der Waals surface area contributed by atoms with Crippen LogP contribution in [0.5, 0.6) is 0 Å². The monoisotopic (exact) mass is 238 g/mol. The van der Waals surface area contributed by atoms with Gasteiger partial charge in [0.15, 0.2) is 5.69 Å². The van der Waals surface area contributed by atoms with Crippen LogP contribution in [-0.4, -0.2) is 35.3 Å². The first-order valence-corrected chi connectivity index (χ1v) is 5.95. The molecule has 0 amide bonds. The van der Waals surface area contributed by atoms with Crippen LogP contribution in [0.15, 0.2) is 12.5 Å². The smallest absolute Gasteiger partial charge is 0.358 e. The van der Waals surface area contributed by atoms with E-state index in [4.69, 9.17) is 9.47 Å². The van der Waals surface area contributed by atoms with E-state index in [1.54, 1.807) is 12.5 Å². The minimum Gasteiger partial charge on any atom is -0.461 e. The van der Waals surface area contributed by atoms with E-state index in [1.807, 2.05) is 18.4 Å². The fourth-order valence-corrected chi connectivity index (χ4v) is 1.71. The summed E-state index contributed by atoms with van der Waals surface area (Å²) in [4.78, 5) is 15.7. The van der Waals surface area contributed by atoms with Crippen molar-refractivity contribution in [1.82, 2.24) is 9.55 Å². The Bertz CT molecular complexity index is 381. The molecule has 1 aliphatic rings. The number of hydrogen-bond acceptors (Lipinski definition) is 4. The molecule has 94 valence electrons. The molecule has 5 nitrogen and oxygen atoms in total. The lowest BCUT2D eigenvalue weighted by atomic mass is 10.1. The third-order valence-corrected chi connectivity index (χ3v) is 2.88. The van der Waals surface area contributed by atoms with E-state index >= 15 is 0 Å². The molecular weight excluding hydrogens is 220 g/mol. The van der Waals surface area contributed by atoms with Crippen LogP contribution in [0, 0.1) is 5.92 Å². The van der Waals surface area contributed by atoms with Crippen molar-refractivity contribution in [2.45, 2.75) is 26.3 Å². The highest BCUT2D eigenvalue weighted by molar-refractivity contribution is 5.86. The molecule has 1 saturated heterocycles. The summed E-state index contributed by atoms with van der Waals surface area (Å²) in [5.74, 6) is -0.0116. The maximum atomic E-state index is 11.7. The van der Waals surface area contributed by atoms with Gasteiger partial charge < -0.3 is 14.0 Å². The molecule has 0 spiro atoms. The van der Waals surface area contributed by atoms with Crippen molar-refractivity contribution in [1.29, 1.82) is 0 Å². The van der Waals surface area contributed by atoms with Gasteiger partial charge in [-0.05, 0) is 20.3 Å². The lowest BCUT2D eigenvalue weighted by Crippen LogP contribution is -2.14. The van der Waals surface area contributed by atoms with Gasteiger partial charge in [-0.1, -0.05) is 0 Å². The van der Waals surface area contributed by atoms with Crippen molar-refractivity contribution in [2.75, 3.05) is 19.8 Å². The van der Waals surface area contributed by atoms with Crippen LogP contribution in [0.25, 0.3) is 0 Å². The number of rotatable bonds is 4. The summed E-state index contributed by atoms with van der Waals surface area (Å²) in [5.41, 5.74) is 0.373. The van der Waals surface area contributed by atoms with Crippen molar-refractivity contribution in [3.63, 3.8) is 0 Å². The third-order valence-electron chi connectivity index (χ3n) is 2.88. The Hall–Kier alpha value is -1.36. The number of ether oxygens (including phenoxy) is 2. The van der Waals surface area contributed by atoms with Crippen LogP contribution < -0.4 is 0 Å². The van der Waals surface area contributed by atoms with Crippen molar-refractivity contribution in [3.8, 4) is 0 Å². The first-order valence-electron chi connectivity index (χ1n) is 5.95. The largest absolute Gasteiger partial charge is 0.461 e. The van der Waals surface area contributed by atoms with E-state index < -0.39 is 0 Å². The van der Waals surface area contributed by atoms with E-state index in [9.17, 15) is 4.79 Å². The third kappa shape index (κ3) is 3.06. The number of aromatic nitrogens is 2. The number of hydrogen-bond donors (Lipinski definition) is 0. The van der Waals surface area contributed by atoms with Crippen LogP contribution in [0.3, 0.4) is 0 Å². The molecule has 1 aliphatic heterocycles. The molecule has 1 fully saturated rings. The zero-order valence-electron chi connectivity index (χ0n) is 10.3. The Morgan fingerprint density at radius 3 is 3.12 bits per heavy atom.